The molecule has 2 aromatic rings. The van der Waals surface area contributed by atoms with Crippen molar-refractivity contribution in [1.82, 2.24) is 0 Å². The number of carbonyl (C=O) groups excluding carboxylic acids is 2. The van der Waals surface area contributed by atoms with Gasteiger partial charge in [-0.2, -0.15) is 0 Å². The number of carbonyl (C=O) groups is 2. The van der Waals surface area contributed by atoms with Gasteiger partial charge >= 0.3 is 6.16 Å². The molecule has 0 heterocycles. The molecule has 144 valence electrons. The number of hydrogen-bond acceptors (Lipinski definition) is 4. The third kappa shape index (κ3) is 6.13. The van der Waals surface area contributed by atoms with Crippen LogP contribution in [0.25, 0.3) is 0 Å². The van der Waals surface area contributed by atoms with Crippen LogP contribution < -0.4 is 10.1 Å². The summed E-state index contributed by atoms with van der Waals surface area (Å²) in [4.78, 5) is 24.5. The lowest BCUT2D eigenvalue weighted by atomic mass is 9.97. The fourth-order valence-electron chi connectivity index (χ4n) is 2.41. The summed E-state index contributed by atoms with van der Waals surface area (Å²) in [6, 6.07) is 14.3. The highest BCUT2D eigenvalue weighted by Gasteiger charge is 2.19. The minimum Gasteiger partial charge on any atom is -0.428 e. The minimum absolute atomic E-state index is 0.233. The number of benzene rings is 2. The maximum atomic E-state index is 12.5. The number of anilines is 1. The standard InChI is InChI=1S/C22H27NO4/c1-6-15(2)16-11-13-17(14-12-16)20(24)23-18-9-7-8-10-19(18)26-21(25)27-22(3,4)5/h7-15H,6H2,1-5H3,(H,23,24). The van der Waals surface area contributed by atoms with E-state index in [1.54, 1.807) is 57.2 Å². The summed E-state index contributed by atoms with van der Waals surface area (Å²) < 4.78 is 10.4. The van der Waals surface area contributed by atoms with E-state index in [2.05, 4.69) is 19.2 Å². The second-order valence-corrected chi connectivity index (χ2v) is 7.45. The summed E-state index contributed by atoms with van der Waals surface area (Å²) in [5.41, 5.74) is 1.48. The van der Waals surface area contributed by atoms with E-state index in [-0.39, 0.29) is 11.7 Å². The van der Waals surface area contributed by atoms with Gasteiger partial charge in [0.05, 0.1) is 5.69 Å². The van der Waals surface area contributed by atoms with Crippen LogP contribution in [0.5, 0.6) is 5.75 Å². The Hall–Kier alpha value is -2.82. The van der Waals surface area contributed by atoms with Gasteiger partial charge in [0.1, 0.15) is 5.60 Å². The zero-order valence-corrected chi connectivity index (χ0v) is 16.5. The molecular formula is C22H27NO4. The first-order chi connectivity index (χ1) is 12.7. The molecule has 1 amide bonds. The normalized spacial score (nSPS) is 12.2. The Balaban J connectivity index is 2.11. The van der Waals surface area contributed by atoms with E-state index in [0.717, 1.165) is 6.42 Å². The lowest BCUT2D eigenvalue weighted by Crippen LogP contribution is -2.26. The van der Waals surface area contributed by atoms with Crippen LogP contribution in [0.2, 0.25) is 0 Å². The average Bonchev–Trinajstić information content (AvgIpc) is 2.61. The summed E-state index contributed by atoms with van der Waals surface area (Å²) in [5, 5.41) is 2.79. The monoisotopic (exact) mass is 369 g/mol. The van der Waals surface area contributed by atoms with Gasteiger partial charge in [0, 0.05) is 5.56 Å². The Morgan fingerprint density at radius 3 is 2.26 bits per heavy atom. The smallest absolute Gasteiger partial charge is 0.428 e. The van der Waals surface area contributed by atoms with Crippen molar-refractivity contribution in [2.75, 3.05) is 5.32 Å². The number of amides is 1. The fourth-order valence-corrected chi connectivity index (χ4v) is 2.41. The van der Waals surface area contributed by atoms with Crippen LogP contribution in [0.4, 0.5) is 10.5 Å². The van der Waals surface area contributed by atoms with E-state index in [9.17, 15) is 9.59 Å². The van der Waals surface area contributed by atoms with Crippen molar-refractivity contribution in [3.8, 4) is 5.75 Å². The third-order valence-corrected chi connectivity index (χ3v) is 4.07. The summed E-state index contributed by atoms with van der Waals surface area (Å²) in [6.45, 7) is 9.55. The van der Waals surface area contributed by atoms with Crippen LogP contribution >= 0.6 is 0 Å². The van der Waals surface area contributed by atoms with Crippen molar-refractivity contribution in [3.05, 3.63) is 59.7 Å². The molecule has 0 bridgehead atoms. The minimum atomic E-state index is -0.817. The molecule has 0 fully saturated rings. The van der Waals surface area contributed by atoms with E-state index in [1.807, 2.05) is 12.1 Å². The highest BCUT2D eigenvalue weighted by Crippen LogP contribution is 2.26. The summed E-state index contributed by atoms with van der Waals surface area (Å²) >= 11 is 0. The van der Waals surface area contributed by atoms with E-state index >= 15 is 0 Å². The second-order valence-electron chi connectivity index (χ2n) is 7.45. The number of para-hydroxylation sites is 2. The van der Waals surface area contributed by atoms with Gasteiger partial charge in [0.2, 0.25) is 0 Å². The highest BCUT2D eigenvalue weighted by atomic mass is 16.7. The maximum Gasteiger partial charge on any atom is 0.514 e. The molecule has 2 aromatic carbocycles. The van der Waals surface area contributed by atoms with Gasteiger partial charge in [0.25, 0.3) is 5.91 Å². The Labute approximate surface area is 160 Å². The molecule has 5 heteroatoms. The Morgan fingerprint density at radius 2 is 1.67 bits per heavy atom. The number of ether oxygens (including phenoxy) is 2. The summed E-state index contributed by atoms with van der Waals surface area (Å²) in [6.07, 6.45) is 0.225. The lowest BCUT2D eigenvalue weighted by molar-refractivity contribution is 0.0207. The fraction of sp³-hybridized carbons (Fsp3) is 0.364. The molecule has 0 aliphatic heterocycles. The van der Waals surface area contributed by atoms with Crippen LogP contribution in [0.15, 0.2) is 48.5 Å². The highest BCUT2D eigenvalue weighted by molar-refractivity contribution is 6.05. The number of hydrogen-bond donors (Lipinski definition) is 1. The third-order valence-electron chi connectivity index (χ3n) is 4.07. The number of rotatable bonds is 5. The molecule has 0 aliphatic carbocycles. The van der Waals surface area contributed by atoms with Crippen LogP contribution in [-0.4, -0.2) is 17.7 Å². The van der Waals surface area contributed by atoms with Crippen molar-refractivity contribution in [2.45, 2.75) is 52.6 Å². The van der Waals surface area contributed by atoms with Crippen LogP contribution in [-0.2, 0) is 4.74 Å². The van der Waals surface area contributed by atoms with Gasteiger partial charge in [-0.15, -0.1) is 0 Å². The van der Waals surface area contributed by atoms with Crippen molar-refractivity contribution < 1.29 is 19.1 Å². The van der Waals surface area contributed by atoms with Crippen LogP contribution in [0, 0.1) is 0 Å². The average molecular weight is 369 g/mol. The van der Waals surface area contributed by atoms with Crippen molar-refractivity contribution >= 4 is 17.7 Å². The first kappa shape index (κ1) is 20.5. The van der Waals surface area contributed by atoms with E-state index in [4.69, 9.17) is 9.47 Å². The maximum absolute atomic E-state index is 12.5. The van der Waals surface area contributed by atoms with Gasteiger partial charge in [-0.3, -0.25) is 4.79 Å². The molecular weight excluding hydrogens is 342 g/mol. The second kappa shape index (κ2) is 8.71. The van der Waals surface area contributed by atoms with Gasteiger partial charge in [0.15, 0.2) is 5.75 Å². The SMILES string of the molecule is CCC(C)c1ccc(C(=O)Nc2ccccc2OC(=O)OC(C)(C)C)cc1. The quantitative estimate of drug-likeness (QED) is 0.537. The first-order valence-corrected chi connectivity index (χ1v) is 9.10. The largest absolute Gasteiger partial charge is 0.514 e. The molecule has 2 rings (SSSR count). The van der Waals surface area contributed by atoms with Crippen LogP contribution in [0.3, 0.4) is 0 Å². The van der Waals surface area contributed by atoms with Crippen LogP contribution in [0.1, 0.15) is 62.9 Å². The lowest BCUT2D eigenvalue weighted by Gasteiger charge is -2.19. The van der Waals surface area contributed by atoms with E-state index in [0.29, 0.717) is 17.2 Å². The molecule has 0 saturated carbocycles. The predicted molar refractivity (Wildman–Crippen MR) is 106 cm³/mol. The van der Waals surface area contributed by atoms with E-state index < -0.39 is 11.8 Å². The van der Waals surface area contributed by atoms with E-state index in [1.165, 1.54) is 5.56 Å². The predicted octanol–water partition coefficient (Wildman–Crippen LogP) is 5.77. The molecule has 0 radical (unpaired) electrons. The van der Waals surface area contributed by atoms with Crippen molar-refractivity contribution in [1.29, 1.82) is 0 Å². The Morgan fingerprint density at radius 1 is 1.04 bits per heavy atom. The Kier molecular flexibility index (Phi) is 6.61. The zero-order chi connectivity index (χ0) is 20.0. The molecule has 0 aliphatic rings. The molecule has 1 N–H and O–H groups in total. The summed E-state index contributed by atoms with van der Waals surface area (Å²) in [5.74, 6) is 0.410. The first-order valence-electron chi connectivity index (χ1n) is 9.10. The molecule has 0 saturated heterocycles. The van der Waals surface area contributed by atoms with Gasteiger partial charge in [-0.05, 0) is 62.9 Å². The molecule has 1 unspecified atom stereocenters. The van der Waals surface area contributed by atoms with Gasteiger partial charge in [-0.25, -0.2) is 4.79 Å². The Bertz CT molecular complexity index is 791. The molecule has 27 heavy (non-hydrogen) atoms. The zero-order valence-electron chi connectivity index (χ0n) is 16.5. The molecule has 0 aromatic heterocycles. The van der Waals surface area contributed by atoms with Gasteiger partial charge < -0.3 is 14.8 Å². The van der Waals surface area contributed by atoms with Gasteiger partial charge in [-0.1, -0.05) is 38.1 Å². The topological polar surface area (TPSA) is 64.6 Å². The molecule has 5 nitrogen and oxygen atoms in total. The number of nitrogens with one attached hydrogen (secondary N) is 1. The van der Waals surface area contributed by atoms with Crippen molar-refractivity contribution in [2.24, 2.45) is 0 Å². The summed E-state index contributed by atoms with van der Waals surface area (Å²) in [7, 11) is 0. The van der Waals surface area contributed by atoms with Crippen molar-refractivity contribution in [3.63, 3.8) is 0 Å². The molecule has 0 spiro atoms. The molecule has 1 atom stereocenters.